The first-order valence-electron chi connectivity index (χ1n) is 8.40. The number of esters is 1. The predicted molar refractivity (Wildman–Crippen MR) is 101 cm³/mol. The second-order valence-corrected chi connectivity index (χ2v) is 7.46. The number of hydrogen-bond donors (Lipinski definition) is 1. The van der Waals surface area contributed by atoms with Crippen LogP contribution in [0, 0.1) is 0 Å². The maximum Gasteiger partial charge on any atom is 0.338 e. The molecule has 1 aliphatic heterocycles. The van der Waals surface area contributed by atoms with Crippen LogP contribution in [0.5, 0.6) is 0 Å². The topological polar surface area (TPSA) is 81.4 Å². The number of aromatic nitrogens is 1. The minimum Gasteiger partial charge on any atom is -0.454 e. The van der Waals surface area contributed by atoms with E-state index in [2.05, 4.69) is 10.5 Å². The van der Waals surface area contributed by atoms with Crippen LogP contribution in [-0.2, 0) is 16.1 Å². The molecule has 136 valence electrons. The summed E-state index contributed by atoms with van der Waals surface area (Å²) in [6, 6.07) is 16.5. The number of thioether (sulfide) groups is 1. The second-order valence-electron chi connectivity index (χ2n) is 6.08. The molecule has 7 heteroatoms. The van der Waals surface area contributed by atoms with Crippen LogP contribution in [0.4, 0.5) is 5.69 Å². The van der Waals surface area contributed by atoms with E-state index < -0.39 is 5.97 Å². The Morgan fingerprint density at radius 1 is 1.22 bits per heavy atom. The highest BCUT2D eigenvalue weighted by Crippen LogP contribution is 2.36. The molecule has 6 nitrogen and oxygen atoms in total. The van der Waals surface area contributed by atoms with Gasteiger partial charge in [-0.15, -0.1) is 11.8 Å². The monoisotopic (exact) mass is 380 g/mol. The van der Waals surface area contributed by atoms with Gasteiger partial charge in [-0.1, -0.05) is 35.5 Å². The number of fused-ring (bicyclic) bond motifs is 1. The van der Waals surface area contributed by atoms with Crippen molar-refractivity contribution in [1.82, 2.24) is 5.16 Å². The molecule has 1 N–H and O–H groups in total. The van der Waals surface area contributed by atoms with Gasteiger partial charge in [0, 0.05) is 16.5 Å². The van der Waals surface area contributed by atoms with Gasteiger partial charge >= 0.3 is 5.97 Å². The molecule has 3 aromatic rings. The molecule has 0 aliphatic carbocycles. The highest BCUT2D eigenvalue weighted by molar-refractivity contribution is 8.00. The fraction of sp³-hybridized carbons (Fsp3) is 0.150. The van der Waals surface area contributed by atoms with Gasteiger partial charge in [-0.3, -0.25) is 4.79 Å². The molecule has 1 amide bonds. The van der Waals surface area contributed by atoms with Gasteiger partial charge in [0.25, 0.3) is 0 Å². The molecular weight excluding hydrogens is 364 g/mol. The van der Waals surface area contributed by atoms with Gasteiger partial charge in [0.1, 0.15) is 5.69 Å². The van der Waals surface area contributed by atoms with Crippen molar-refractivity contribution >= 4 is 29.3 Å². The molecule has 1 atom stereocenters. The lowest BCUT2D eigenvalue weighted by Gasteiger charge is -2.21. The van der Waals surface area contributed by atoms with Crippen LogP contribution in [0.3, 0.4) is 0 Å². The van der Waals surface area contributed by atoms with Gasteiger partial charge in [0.2, 0.25) is 5.91 Å². The Labute approximate surface area is 159 Å². The molecular formula is C20H16N2O4S. The second kappa shape index (κ2) is 7.28. The molecule has 1 aromatic heterocycles. The summed E-state index contributed by atoms with van der Waals surface area (Å²) >= 11 is 1.46. The van der Waals surface area contributed by atoms with Crippen LogP contribution < -0.4 is 5.32 Å². The molecule has 2 aromatic carbocycles. The van der Waals surface area contributed by atoms with Crippen LogP contribution in [-0.4, -0.2) is 22.3 Å². The summed E-state index contributed by atoms with van der Waals surface area (Å²) in [5, 5.41) is 6.65. The van der Waals surface area contributed by atoms with Crippen LogP contribution in [0.15, 0.2) is 64.0 Å². The largest absolute Gasteiger partial charge is 0.454 e. The number of rotatable bonds is 4. The van der Waals surface area contributed by atoms with Gasteiger partial charge in [-0.05, 0) is 25.1 Å². The molecule has 1 aliphatic rings. The van der Waals surface area contributed by atoms with Crippen LogP contribution in [0.25, 0.3) is 11.3 Å². The van der Waals surface area contributed by atoms with Crippen molar-refractivity contribution in [2.24, 2.45) is 0 Å². The maximum absolute atomic E-state index is 12.3. The Bertz CT molecular complexity index is 1000. The lowest BCUT2D eigenvalue weighted by Crippen LogP contribution is -2.26. The van der Waals surface area contributed by atoms with E-state index in [4.69, 9.17) is 9.26 Å². The van der Waals surface area contributed by atoms with Crippen molar-refractivity contribution in [2.75, 3.05) is 5.32 Å². The van der Waals surface area contributed by atoms with Gasteiger partial charge in [-0.2, -0.15) is 0 Å². The number of carbonyl (C=O) groups is 2. The number of ether oxygens (including phenoxy) is 1. The zero-order chi connectivity index (χ0) is 18.8. The minimum absolute atomic E-state index is 0.0199. The van der Waals surface area contributed by atoms with Crippen molar-refractivity contribution < 1.29 is 18.8 Å². The van der Waals surface area contributed by atoms with Crippen LogP contribution >= 0.6 is 11.8 Å². The number of nitrogens with one attached hydrogen (secondary N) is 1. The SMILES string of the molecule is C[C@H]1Sc2ccc(C(=O)OCc3cc(-c4ccccc4)no3)cc2NC1=O. The van der Waals surface area contributed by atoms with Crippen LogP contribution in [0.1, 0.15) is 23.0 Å². The lowest BCUT2D eigenvalue weighted by atomic mass is 10.1. The highest BCUT2D eigenvalue weighted by atomic mass is 32.2. The van der Waals surface area contributed by atoms with Gasteiger partial charge in [0.05, 0.1) is 16.5 Å². The molecule has 0 radical (unpaired) electrons. The van der Waals surface area contributed by atoms with E-state index in [1.807, 2.05) is 43.3 Å². The van der Waals surface area contributed by atoms with E-state index in [-0.39, 0.29) is 17.8 Å². The first-order chi connectivity index (χ1) is 13.1. The Balaban J connectivity index is 1.42. The normalized spacial score (nSPS) is 15.7. The van der Waals surface area contributed by atoms with E-state index in [9.17, 15) is 9.59 Å². The predicted octanol–water partition coefficient (Wildman–Crippen LogP) is 4.13. The molecule has 0 spiro atoms. The molecule has 2 heterocycles. The van der Waals surface area contributed by atoms with E-state index >= 15 is 0 Å². The van der Waals surface area contributed by atoms with Crippen molar-refractivity contribution in [2.45, 2.75) is 23.7 Å². The van der Waals surface area contributed by atoms with E-state index in [0.29, 0.717) is 22.7 Å². The number of carbonyl (C=O) groups excluding carboxylic acids is 2. The van der Waals surface area contributed by atoms with E-state index in [0.717, 1.165) is 10.5 Å². The van der Waals surface area contributed by atoms with Crippen molar-refractivity contribution in [3.8, 4) is 11.3 Å². The molecule has 0 fully saturated rings. The highest BCUT2D eigenvalue weighted by Gasteiger charge is 2.24. The molecule has 27 heavy (non-hydrogen) atoms. The zero-order valence-corrected chi connectivity index (χ0v) is 15.3. The van der Waals surface area contributed by atoms with Gasteiger partial charge < -0.3 is 14.6 Å². The third kappa shape index (κ3) is 3.73. The standard InChI is InChI=1S/C20H16N2O4S/c1-12-19(23)21-17-9-14(7-8-18(17)27-12)20(24)25-11-15-10-16(22-26-15)13-5-3-2-4-6-13/h2-10,12H,11H2,1H3,(H,21,23)/t12-/m1/s1. The third-order valence-corrected chi connectivity index (χ3v) is 5.30. The number of amides is 1. The smallest absolute Gasteiger partial charge is 0.338 e. The summed E-state index contributed by atoms with van der Waals surface area (Å²) in [6.07, 6.45) is 0. The maximum atomic E-state index is 12.3. The Morgan fingerprint density at radius 2 is 2.04 bits per heavy atom. The fourth-order valence-corrected chi connectivity index (χ4v) is 3.61. The molecule has 0 saturated carbocycles. The zero-order valence-electron chi connectivity index (χ0n) is 14.5. The fourth-order valence-electron chi connectivity index (χ4n) is 2.68. The van der Waals surface area contributed by atoms with Gasteiger partial charge in [0.15, 0.2) is 12.4 Å². The van der Waals surface area contributed by atoms with Crippen molar-refractivity contribution in [3.63, 3.8) is 0 Å². The molecule has 0 unspecified atom stereocenters. The lowest BCUT2D eigenvalue weighted by molar-refractivity contribution is -0.115. The van der Waals surface area contributed by atoms with Crippen molar-refractivity contribution in [1.29, 1.82) is 0 Å². The summed E-state index contributed by atoms with van der Waals surface area (Å²) in [4.78, 5) is 25.1. The summed E-state index contributed by atoms with van der Waals surface area (Å²) < 4.78 is 10.5. The Morgan fingerprint density at radius 3 is 2.85 bits per heavy atom. The molecule has 0 saturated heterocycles. The summed E-state index contributed by atoms with van der Waals surface area (Å²) in [7, 11) is 0. The van der Waals surface area contributed by atoms with E-state index in [1.54, 1.807) is 18.2 Å². The minimum atomic E-state index is -0.492. The summed E-state index contributed by atoms with van der Waals surface area (Å²) in [5.41, 5.74) is 2.61. The quantitative estimate of drug-likeness (QED) is 0.686. The van der Waals surface area contributed by atoms with E-state index in [1.165, 1.54) is 11.8 Å². The number of benzene rings is 2. The first kappa shape index (κ1) is 17.4. The molecule has 4 rings (SSSR count). The number of anilines is 1. The van der Waals surface area contributed by atoms with Crippen LogP contribution in [0.2, 0.25) is 0 Å². The third-order valence-electron chi connectivity index (χ3n) is 4.12. The van der Waals surface area contributed by atoms with Crippen molar-refractivity contribution in [3.05, 3.63) is 65.9 Å². The van der Waals surface area contributed by atoms with Gasteiger partial charge in [-0.25, -0.2) is 4.79 Å². The average Bonchev–Trinajstić information content (AvgIpc) is 3.16. The number of hydrogen-bond acceptors (Lipinski definition) is 6. The Kier molecular flexibility index (Phi) is 4.68. The number of nitrogens with zero attached hydrogens (tertiary/aromatic N) is 1. The summed E-state index contributed by atoms with van der Waals surface area (Å²) in [5.74, 6) is -0.112. The Hall–Kier alpha value is -3.06. The average molecular weight is 380 g/mol. The molecule has 0 bridgehead atoms. The summed E-state index contributed by atoms with van der Waals surface area (Å²) in [6.45, 7) is 1.82. The first-order valence-corrected chi connectivity index (χ1v) is 9.28.